The number of ether oxygens (including phenoxy) is 1. The Bertz CT molecular complexity index is 1670. The molecule has 0 bridgehead atoms. The van der Waals surface area contributed by atoms with Crippen LogP contribution in [-0.2, 0) is 4.79 Å². The van der Waals surface area contributed by atoms with Crippen LogP contribution in [-0.4, -0.2) is 82.6 Å². The number of likely N-dealkylation sites (N-methyl/N-ethyl adjacent to an activating group) is 1. The standard InChI is InChI=1S/C30H30FN7O2S/c1-19(31)29(39)38-15-14-37(17-20(38)10-12-32)28-24-8-9-25(22-6-3-7-26-23(22)11-16-41-26)33-27(24)34-30(35-28)40-18-21-5-4-13-36(21)2/h3,6-9,11,16,20-21H,1,4-5,10,13-15,17-18H2,2H3/t20-,21-/m0/s1. The van der Waals surface area contributed by atoms with E-state index >= 15 is 0 Å². The van der Waals surface area contributed by atoms with Crippen LogP contribution in [0.1, 0.15) is 19.3 Å². The van der Waals surface area contributed by atoms with Gasteiger partial charge >= 0.3 is 6.01 Å². The number of hydrogen-bond donors (Lipinski definition) is 0. The molecule has 0 aliphatic carbocycles. The van der Waals surface area contributed by atoms with Crippen molar-refractivity contribution in [1.29, 1.82) is 5.26 Å². The van der Waals surface area contributed by atoms with Gasteiger partial charge in [-0.15, -0.1) is 11.3 Å². The van der Waals surface area contributed by atoms with Crippen LogP contribution in [0.25, 0.3) is 32.4 Å². The van der Waals surface area contributed by atoms with Crippen molar-refractivity contribution in [3.63, 3.8) is 0 Å². The number of rotatable bonds is 7. The summed E-state index contributed by atoms with van der Waals surface area (Å²) in [4.78, 5) is 32.6. The van der Waals surface area contributed by atoms with E-state index in [0.717, 1.165) is 41.4 Å². The van der Waals surface area contributed by atoms with E-state index < -0.39 is 17.8 Å². The smallest absolute Gasteiger partial charge is 0.320 e. The Kier molecular flexibility index (Phi) is 7.51. The summed E-state index contributed by atoms with van der Waals surface area (Å²) in [6, 6.07) is 14.3. The first-order valence-corrected chi connectivity index (χ1v) is 14.6. The van der Waals surface area contributed by atoms with Gasteiger partial charge in [0.15, 0.2) is 11.5 Å². The molecular weight excluding hydrogens is 541 g/mol. The monoisotopic (exact) mass is 571 g/mol. The second-order valence-corrected chi connectivity index (χ2v) is 11.4. The maximum atomic E-state index is 13.7. The molecule has 0 saturated carbocycles. The van der Waals surface area contributed by atoms with Crippen molar-refractivity contribution in [3.8, 4) is 23.3 Å². The number of aromatic nitrogens is 3. The highest BCUT2D eigenvalue weighted by molar-refractivity contribution is 7.17. The lowest BCUT2D eigenvalue weighted by molar-refractivity contribution is -0.131. The molecule has 41 heavy (non-hydrogen) atoms. The van der Waals surface area contributed by atoms with Gasteiger partial charge in [-0.05, 0) is 56.1 Å². The van der Waals surface area contributed by atoms with Gasteiger partial charge in [0.25, 0.3) is 5.91 Å². The number of nitrogens with zero attached hydrogens (tertiary/aromatic N) is 7. The quantitative estimate of drug-likeness (QED) is 0.292. The summed E-state index contributed by atoms with van der Waals surface area (Å²) in [5.41, 5.74) is 2.32. The maximum absolute atomic E-state index is 13.7. The minimum absolute atomic E-state index is 0.0585. The number of benzene rings is 1. The number of pyridine rings is 1. The molecule has 210 valence electrons. The van der Waals surface area contributed by atoms with Crippen molar-refractivity contribution < 1.29 is 13.9 Å². The molecule has 2 fully saturated rings. The molecule has 11 heteroatoms. The third-order valence-corrected chi connectivity index (χ3v) is 8.85. The lowest BCUT2D eigenvalue weighted by Crippen LogP contribution is -2.55. The third-order valence-electron chi connectivity index (χ3n) is 7.97. The highest BCUT2D eigenvalue weighted by Crippen LogP contribution is 2.34. The number of anilines is 1. The number of thiophene rings is 1. The fraction of sp³-hybridized carbons (Fsp3) is 0.367. The highest BCUT2D eigenvalue weighted by atomic mass is 32.1. The Morgan fingerprint density at radius 2 is 2.02 bits per heavy atom. The van der Waals surface area contributed by atoms with E-state index in [0.29, 0.717) is 31.2 Å². The van der Waals surface area contributed by atoms with Crippen molar-refractivity contribution in [2.45, 2.75) is 31.3 Å². The van der Waals surface area contributed by atoms with Gasteiger partial charge in [-0.3, -0.25) is 4.79 Å². The van der Waals surface area contributed by atoms with Gasteiger partial charge in [0.05, 0.1) is 29.6 Å². The van der Waals surface area contributed by atoms with Crippen LogP contribution < -0.4 is 9.64 Å². The minimum Gasteiger partial charge on any atom is -0.462 e. The summed E-state index contributed by atoms with van der Waals surface area (Å²) in [6.07, 6.45) is 2.24. The van der Waals surface area contributed by atoms with Gasteiger partial charge in [0.2, 0.25) is 0 Å². The summed E-state index contributed by atoms with van der Waals surface area (Å²) in [6.45, 7) is 5.59. The Morgan fingerprint density at radius 1 is 1.15 bits per heavy atom. The second-order valence-electron chi connectivity index (χ2n) is 10.5. The number of halogens is 1. The Labute approximate surface area is 241 Å². The van der Waals surface area contributed by atoms with Gasteiger partial charge < -0.3 is 19.4 Å². The minimum atomic E-state index is -1.03. The van der Waals surface area contributed by atoms with Crippen molar-refractivity contribution in [3.05, 3.63) is 54.2 Å². The van der Waals surface area contributed by atoms with E-state index in [1.807, 2.05) is 23.1 Å². The number of piperazine rings is 1. The molecule has 2 aliphatic heterocycles. The molecule has 4 aromatic rings. The molecule has 0 radical (unpaired) electrons. The molecule has 0 spiro atoms. The van der Waals surface area contributed by atoms with Crippen LogP contribution in [0.15, 0.2) is 54.2 Å². The molecular formula is C30H30FN7O2S. The SMILES string of the molecule is C=C(F)C(=O)N1CCN(c2nc(OC[C@@H]3CCCN3C)nc3nc(-c4cccc5sccc45)ccc23)C[C@@H]1CC#N. The maximum Gasteiger partial charge on any atom is 0.320 e. The lowest BCUT2D eigenvalue weighted by atomic mass is 10.1. The second kappa shape index (κ2) is 11.4. The van der Waals surface area contributed by atoms with Gasteiger partial charge in [-0.1, -0.05) is 18.7 Å². The molecule has 2 atom stereocenters. The van der Waals surface area contributed by atoms with E-state index in [1.54, 1.807) is 11.3 Å². The molecule has 2 saturated heterocycles. The van der Waals surface area contributed by atoms with Crippen molar-refractivity contribution in [2.75, 3.05) is 44.7 Å². The average Bonchev–Trinajstić information content (AvgIpc) is 3.63. The molecule has 2 aliphatic rings. The first-order valence-electron chi connectivity index (χ1n) is 13.7. The van der Waals surface area contributed by atoms with E-state index in [1.165, 1.54) is 9.60 Å². The molecule has 6 rings (SSSR count). The zero-order valence-electron chi connectivity index (χ0n) is 22.8. The third kappa shape index (κ3) is 5.33. The topological polar surface area (TPSA) is 98.5 Å². The van der Waals surface area contributed by atoms with E-state index in [-0.39, 0.29) is 25.0 Å². The zero-order chi connectivity index (χ0) is 28.5. The fourth-order valence-electron chi connectivity index (χ4n) is 5.76. The first kappa shape index (κ1) is 27.1. The number of carbonyl (C=O) groups excluding carboxylic acids is 1. The Balaban J connectivity index is 1.39. The number of amides is 1. The van der Waals surface area contributed by atoms with Crippen LogP contribution in [0, 0.1) is 11.3 Å². The van der Waals surface area contributed by atoms with Crippen LogP contribution in [0.4, 0.5) is 10.2 Å². The van der Waals surface area contributed by atoms with Crippen molar-refractivity contribution in [1.82, 2.24) is 24.8 Å². The fourth-order valence-corrected chi connectivity index (χ4v) is 6.57. The molecule has 3 aromatic heterocycles. The van der Waals surface area contributed by atoms with Gasteiger partial charge in [0.1, 0.15) is 12.4 Å². The van der Waals surface area contributed by atoms with Crippen molar-refractivity contribution >= 4 is 44.2 Å². The van der Waals surface area contributed by atoms with Crippen LogP contribution in [0.5, 0.6) is 6.01 Å². The van der Waals surface area contributed by atoms with Gasteiger partial charge in [0, 0.05) is 41.3 Å². The van der Waals surface area contributed by atoms with E-state index in [9.17, 15) is 14.4 Å². The Hall–Kier alpha value is -4.14. The van der Waals surface area contributed by atoms with Gasteiger partial charge in [-0.2, -0.15) is 15.2 Å². The molecule has 0 N–H and O–H groups in total. The number of nitriles is 1. The molecule has 1 amide bonds. The largest absolute Gasteiger partial charge is 0.462 e. The molecule has 0 unspecified atom stereocenters. The van der Waals surface area contributed by atoms with E-state index in [2.05, 4.69) is 48.2 Å². The molecule has 1 aromatic carbocycles. The van der Waals surface area contributed by atoms with Gasteiger partial charge in [-0.25, -0.2) is 9.37 Å². The number of likely N-dealkylation sites (tertiary alicyclic amines) is 1. The summed E-state index contributed by atoms with van der Waals surface area (Å²) in [5, 5.41) is 13.4. The summed E-state index contributed by atoms with van der Waals surface area (Å²) in [5.74, 6) is -1.19. The van der Waals surface area contributed by atoms with Crippen molar-refractivity contribution in [2.24, 2.45) is 0 Å². The normalized spacial score (nSPS) is 19.5. The van der Waals surface area contributed by atoms with E-state index in [4.69, 9.17) is 19.7 Å². The predicted molar refractivity (Wildman–Crippen MR) is 157 cm³/mol. The summed E-state index contributed by atoms with van der Waals surface area (Å²) < 4.78 is 21.1. The Morgan fingerprint density at radius 3 is 2.80 bits per heavy atom. The molecule has 5 heterocycles. The van der Waals surface area contributed by atoms with Crippen LogP contribution >= 0.6 is 11.3 Å². The summed E-state index contributed by atoms with van der Waals surface area (Å²) in [7, 11) is 2.09. The molecule has 9 nitrogen and oxygen atoms in total. The number of carbonyl (C=O) groups is 1. The van der Waals surface area contributed by atoms with Crippen LogP contribution in [0.2, 0.25) is 0 Å². The average molecular weight is 572 g/mol. The summed E-state index contributed by atoms with van der Waals surface area (Å²) >= 11 is 1.69. The lowest BCUT2D eigenvalue weighted by Gasteiger charge is -2.41. The van der Waals surface area contributed by atoms with Crippen LogP contribution in [0.3, 0.4) is 0 Å². The number of hydrogen-bond acceptors (Lipinski definition) is 9. The first-order chi connectivity index (χ1) is 19.9. The highest BCUT2D eigenvalue weighted by Gasteiger charge is 2.33. The zero-order valence-corrected chi connectivity index (χ0v) is 23.6. The predicted octanol–water partition coefficient (Wildman–Crippen LogP) is 4.79. The number of fused-ring (bicyclic) bond motifs is 2.